The standard InChI is InChI=1S/C11H17ClN6O2/c1-17(2)8(19)7-6-13-4-5-18(7)10-14-9(12)15-11(16-10)20-3/h7,13H,4-6H2,1-3H3. The molecule has 0 spiro atoms. The Hall–Kier alpha value is -1.67. The highest BCUT2D eigenvalue weighted by Gasteiger charge is 2.32. The summed E-state index contributed by atoms with van der Waals surface area (Å²) >= 11 is 5.86. The SMILES string of the molecule is COc1nc(Cl)nc(N2CCNCC2C(=O)N(C)C)n1. The van der Waals surface area contributed by atoms with Crippen LogP contribution in [0.2, 0.25) is 5.28 Å². The van der Waals surface area contributed by atoms with Crippen molar-refractivity contribution in [3.8, 4) is 6.01 Å². The van der Waals surface area contributed by atoms with E-state index in [-0.39, 0.29) is 23.2 Å². The Kier molecular flexibility index (Phi) is 4.56. The van der Waals surface area contributed by atoms with Gasteiger partial charge in [0.1, 0.15) is 6.04 Å². The molecule has 1 saturated heterocycles. The molecule has 2 heterocycles. The number of hydrogen-bond donors (Lipinski definition) is 1. The van der Waals surface area contributed by atoms with Crippen LogP contribution in [0.4, 0.5) is 5.95 Å². The van der Waals surface area contributed by atoms with Gasteiger partial charge in [-0.3, -0.25) is 4.79 Å². The molecule has 1 N–H and O–H groups in total. The number of piperazine rings is 1. The first-order valence-electron chi connectivity index (χ1n) is 6.17. The van der Waals surface area contributed by atoms with E-state index >= 15 is 0 Å². The van der Waals surface area contributed by atoms with Crippen molar-refractivity contribution in [3.63, 3.8) is 0 Å². The number of ether oxygens (including phenoxy) is 1. The molecule has 1 aromatic rings. The second-order valence-electron chi connectivity index (χ2n) is 4.54. The third kappa shape index (κ3) is 3.07. The summed E-state index contributed by atoms with van der Waals surface area (Å²) in [4.78, 5) is 27.7. The Morgan fingerprint density at radius 2 is 2.20 bits per heavy atom. The molecule has 1 atom stereocenters. The van der Waals surface area contributed by atoms with E-state index in [9.17, 15) is 4.79 Å². The highest BCUT2D eigenvalue weighted by atomic mass is 35.5. The number of aromatic nitrogens is 3. The number of carbonyl (C=O) groups is 1. The molecule has 2 rings (SSSR count). The van der Waals surface area contributed by atoms with Gasteiger partial charge in [0.05, 0.1) is 7.11 Å². The van der Waals surface area contributed by atoms with Crippen LogP contribution in [0.15, 0.2) is 0 Å². The van der Waals surface area contributed by atoms with E-state index < -0.39 is 0 Å². The number of anilines is 1. The van der Waals surface area contributed by atoms with E-state index in [1.807, 2.05) is 4.90 Å². The highest BCUT2D eigenvalue weighted by Crippen LogP contribution is 2.18. The van der Waals surface area contributed by atoms with Gasteiger partial charge in [0.2, 0.25) is 17.1 Å². The van der Waals surface area contributed by atoms with Gasteiger partial charge in [0, 0.05) is 33.7 Å². The molecule has 0 aliphatic carbocycles. The van der Waals surface area contributed by atoms with E-state index in [2.05, 4.69) is 20.3 Å². The summed E-state index contributed by atoms with van der Waals surface area (Å²) in [5, 5.41) is 3.23. The fraction of sp³-hybridized carbons (Fsp3) is 0.636. The first-order chi connectivity index (χ1) is 9.52. The minimum Gasteiger partial charge on any atom is -0.467 e. The Morgan fingerprint density at radius 1 is 1.45 bits per heavy atom. The van der Waals surface area contributed by atoms with Crippen LogP contribution in [-0.2, 0) is 4.79 Å². The van der Waals surface area contributed by atoms with Crippen molar-refractivity contribution in [2.45, 2.75) is 6.04 Å². The predicted molar refractivity (Wildman–Crippen MR) is 74.1 cm³/mol. The second-order valence-corrected chi connectivity index (χ2v) is 4.88. The second kappa shape index (κ2) is 6.19. The molecule has 110 valence electrons. The van der Waals surface area contributed by atoms with E-state index in [1.165, 1.54) is 7.11 Å². The normalized spacial score (nSPS) is 18.8. The molecule has 8 nitrogen and oxygen atoms in total. The van der Waals surface area contributed by atoms with Crippen LogP contribution in [0.3, 0.4) is 0 Å². The Bertz CT molecular complexity index is 498. The summed E-state index contributed by atoms with van der Waals surface area (Å²) in [5.74, 6) is 0.330. The summed E-state index contributed by atoms with van der Waals surface area (Å²) in [6.45, 7) is 1.87. The van der Waals surface area contributed by atoms with Crippen LogP contribution < -0.4 is 15.0 Å². The zero-order valence-corrected chi connectivity index (χ0v) is 12.4. The lowest BCUT2D eigenvalue weighted by Gasteiger charge is -2.36. The molecule has 0 bridgehead atoms. The fourth-order valence-corrected chi connectivity index (χ4v) is 2.15. The summed E-state index contributed by atoms with van der Waals surface area (Å²) in [7, 11) is 4.89. The average molecular weight is 301 g/mol. The minimum atomic E-state index is -0.373. The fourth-order valence-electron chi connectivity index (χ4n) is 2.00. The molecule has 9 heteroatoms. The molecule has 1 unspecified atom stereocenters. The molecular weight excluding hydrogens is 284 g/mol. The van der Waals surface area contributed by atoms with Gasteiger partial charge >= 0.3 is 6.01 Å². The van der Waals surface area contributed by atoms with Crippen molar-refractivity contribution in [2.24, 2.45) is 0 Å². The van der Waals surface area contributed by atoms with Gasteiger partial charge in [-0.25, -0.2) is 0 Å². The Morgan fingerprint density at radius 3 is 2.85 bits per heavy atom. The van der Waals surface area contributed by atoms with Gasteiger partial charge in [0.25, 0.3) is 0 Å². The number of nitrogens with one attached hydrogen (secondary N) is 1. The van der Waals surface area contributed by atoms with Gasteiger partial charge in [-0.1, -0.05) is 0 Å². The number of likely N-dealkylation sites (N-methyl/N-ethyl adjacent to an activating group) is 1. The van der Waals surface area contributed by atoms with Crippen molar-refractivity contribution in [2.75, 3.05) is 45.7 Å². The Balaban J connectivity index is 2.32. The van der Waals surface area contributed by atoms with E-state index in [4.69, 9.17) is 16.3 Å². The number of halogens is 1. The first-order valence-corrected chi connectivity index (χ1v) is 6.55. The zero-order valence-electron chi connectivity index (χ0n) is 11.6. The lowest BCUT2D eigenvalue weighted by molar-refractivity contribution is -0.130. The maximum Gasteiger partial charge on any atom is 0.322 e. The third-order valence-corrected chi connectivity index (χ3v) is 3.15. The monoisotopic (exact) mass is 300 g/mol. The first kappa shape index (κ1) is 14.7. The molecule has 1 aliphatic rings. The summed E-state index contributed by atoms with van der Waals surface area (Å²) in [6, 6.07) is -0.239. The van der Waals surface area contributed by atoms with Crippen LogP contribution >= 0.6 is 11.6 Å². The smallest absolute Gasteiger partial charge is 0.322 e. The number of carbonyl (C=O) groups excluding carboxylic acids is 1. The third-order valence-electron chi connectivity index (χ3n) is 2.98. The van der Waals surface area contributed by atoms with E-state index in [1.54, 1.807) is 19.0 Å². The molecule has 1 fully saturated rings. The van der Waals surface area contributed by atoms with Crippen molar-refractivity contribution in [1.29, 1.82) is 0 Å². The van der Waals surface area contributed by atoms with Crippen molar-refractivity contribution >= 4 is 23.5 Å². The molecule has 0 aromatic carbocycles. The van der Waals surface area contributed by atoms with Crippen LogP contribution in [0.1, 0.15) is 0 Å². The molecule has 20 heavy (non-hydrogen) atoms. The number of amides is 1. The summed E-state index contributed by atoms with van der Waals surface area (Å²) in [5.41, 5.74) is 0. The lowest BCUT2D eigenvalue weighted by atomic mass is 10.2. The predicted octanol–water partition coefficient (Wildman–Crippen LogP) is -0.600. The number of nitrogens with zero attached hydrogens (tertiary/aromatic N) is 5. The van der Waals surface area contributed by atoms with Gasteiger partial charge in [0.15, 0.2) is 0 Å². The number of rotatable bonds is 3. The zero-order chi connectivity index (χ0) is 14.7. The van der Waals surface area contributed by atoms with Crippen LogP contribution in [0.25, 0.3) is 0 Å². The summed E-state index contributed by atoms with van der Waals surface area (Å²) < 4.78 is 4.99. The van der Waals surface area contributed by atoms with Gasteiger partial charge in [-0.15, -0.1) is 0 Å². The quantitative estimate of drug-likeness (QED) is 0.798. The molecule has 1 aromatic heterocycles. The molecule has 1 aliphatic heterocycles. The molecular formula is C11H17ClN6O2. The number of hydrogen-bond acceptors (Lipinski definition) is 7. The largest absolute Gasteiger partial charge is 0.467 e. The topological polar surface area (TPSA) is 83.5 Å². The average Bonchev–Trinajstić information content (AvgIpc) is 2.45. The molecule has 1 amide bonds. The highest BCUT2D eigenvalue weighted by molar-refractivity contribution is 6.28. The van der Waals surface area contributed by atoms with Crippen LogP contribution in [0, 0.1) is 0 Å². The molecule has 0 saturated carbocycles. The van der Waals surface area contributed by atoms with Crippen LogP contribution in [0.5, 0.6) is 6.01 Å². The van der Waals surface area contributed by atoms with Crippen LogP contribution in [-0.4, -0.2) is 72.6 Å². The maximum absolute atomic E-state index is 12.2. The maximum atomic E-state index is 12.2. The summed E-state index contributed by atoms with van der Waals surface area (Å²) in [6.07, 6.45) is 0. The van der Waals surface area contributed by atoms with Crippen molar-refractivity contribution in [1.82, 2.24) is 25.2 Å². The van der Waals surface area contributed by atoms with Crippen molar-refractivity contribution < 1.29 is 9.53 Å². The lowest BCUT2D eigenvalue weighted by Crippen LogP contribution is -2.58. The molecule has 0 radical (unpaired) electrons. The van der Waals surface area contributed by atoms with Gasteiger partial charge in [-0.05, 0) is 11.6 Å². The van der Waals surface area contributed by atoms with Crippen molar-refractivity contribution in [3.05, 3.63) is 5.28 Å². The van der Waals surface area contributed by atoms with Gasteiger partial charge < -0.3 is 19.9 Å². The van der Waals surface area contributed by atoms with E-state index in [0.29, 0.717) is 19.0 Å². The van der Waals surface area contributed by atoms with Gasteiger partial charge in [-0.2, -0.15) is 15.0 Å². The minimum absolute atomic E-state index is 0.0206. The van der Waals surface area contributed by atoms with E-state index in [0.717, 1.165) is 6.54 Å². The Labute approximate surface area is 122 Å². The number of methoxy groups -OCH3 is 1.